The fourth-order valence-corrected chi connectivity index (χ4v) is 3.00. The normalized spacial score (nSPS) is 10.9. The molecule has 30 heavy (non-hydrogen) atoms. The van der Waals surface area contributed by atoms with E-state index in [1.807, 2.05) is 0 Å². The molecule has 0 bridgehead atoms. The predicted molar refractivity (Wildman–Crippen MR) is 103 cm³/mol. The summed E-state index contributed by atoms with van der Waals surface area (Å²) in [4.78, 5) is 16.6. The maximum atomic E-state index is 13.9. The van der Waals surface area contributed by atoms with Gasteiger partial charge in [-0.3, -0.25) is 0 Å². The van der Waals surface area contributed by atoms with Crippen molar-refractivity contribution in [2.45, 2.75) is 13.5 Å². The summed E-state index contributed by atoms with van der Waals surface area (Å²) in [7, 11) is 3.06. The summed E-state index contributed by atoms with van der Waals surface area (Å²) < 4.78 is 40.1. The number of furan rings is 1. The highest BCUT2D eigenvalue weighted by Gasteiger charge is 2.22. The van der Waals surface area contributed by atoms with E-state index in [0.717, 1.165) is 0 Å². The van der Waals surface area contributed by atoms with E-state index in [2.05, 4.69) is 10.1 Å². The molecule has 4 aromatic rings. The third kappa shape index (κ3) is 3.45. The number of carbonyl (C=O) groups is 1. The lowest BCUT2D eigenvalue weighted by molar-refractivity contribution is 0.0395. The lowest BCUT2D eigenvalue weighted by Crippen LogP contribution is -2.05. The number of para-hydroxylation sites is 1. The number of ether oxygens (including phenoxy) is 3. The number of carbonyl (C=O) groups excluding carboxylic acids is 1. The molecule has 0 spiro atoms. The summed E-state index contributed by atoms with van der Waals surface area (Å²) in [5.41, 5.74) is 1.08. The number of halogens is 1. The topological polar surface area (TPSA) is 96.8 Å². The van der Waals surface area contributed by atoms with Gasteiger partial charge in [-0.15, -0.1) is 0 Å². The van der Waals surface area contributed by atoms with Crippen LogP contribution in [0.15, 0.2) is 45.3 Å². The Morgan fingerprint density at radius 1 is 1.17 bits per heavy atom. The van der Waals surface area contributed by atoms with Gasteiger partial charge in [-0.1, -0.05) is 17.3 Å². The van der Waals surface area contributed by atoms with Gasteiger partial charge in [0.15, 0.2) is 18.0 Å². The molecule has 0 atom stereocenters. The minimum atomic E-state index is -0.759. The highest BCUT2D eigenvalue weighted by atomic mass is 19.1. The Bertz CT molecular complexity index is 1230. The first-order valence-corrected chi connectivity index (χ1v) is 8.91. The summed E-state index contributed by atoms with van der Waals surface area (Å²) >= 11 is 0. The van der Waals surface area contributed by atoms with Gasteiger partial charge < -0.3 is 23.2 Å². The van der Waals surface area contributed by atoms with Crippen LogP contribution in [0.2, 0.25) is 0 Å². The minimum absolute atomic E-state index is 0.00799. The van der Waals surface area contributed by atoms with Crippen LogP contribution in [0.25, 0.3) is 22.4 Å². The van der Waals surface area contributed by atoms with Gasteiger partial charge in [0, 0.05) is 17.0 Å². The van der Waals surface area contributed by atoms with E-state index >= 15 is 0 Å². The second kappa shape index (κ2) is 7.86. The third-order valence-corrected chi connectivity index (χ3v) is 4.55. The third-order valence-electron chi connectivity index (χ3n) is 4.55. The van der Waals surface area contributed by atoms with Crippen LogP contribution < -0.4 is 9.47 Å². The smallest absolute Gasteiger partial charge is 0.375 e. The molecule has 0 saturated heterocycles. The Morgan fingerprint density at radius 2 is 2.00 bits per heavy atom. The molecule has 0 amide bonds. The molecule has 0 unspecified atom stereocenters. The van der Waals surface area contributed by atoms with E-state index in [4.69, 9.17) is 23.2 Å². The predicted octanol–water partition coefficient (Wildman–Crippen LogP) is 4.30. The number of nitrogens with zero attached hydrogens (tertiary/aromatic N) is 2. The Labute approximate surface area is 170 Å². The van der Waals surface area contributed by atoms with Crippen molar-refractivity contribution < 1.29 is 32.3 Å². The standard InChI is InChI=1S/C21H17FN2O6/c1-11-13-5-4-6-15(22)19(13)29-18(11)21(25)28-10-17-23-20(24-30-17)14-8-7-12(26-2)9-16(14)27-3/h4-9H,10H2,1-3H3. The molecule has 2 heterocycles. The van der Waals surface area contributed by atoms with Crippen LogP contribution in [0.5, 0.6) is 11.5 Å². The van der Waals surface area contributed by atoms with Crippen molar-refractivity contribution in [1.29, 1.82) is 0 Å². The average molecular weight is 412 g/mol. The number of fused-ring (bicyclic) bond motifs is 1. The highest BCUT2D eigenvalue weighted by molar-refractivity contribution is 5.96. The van der Waals surface area contributed by atoms with Crippen LogP contribution in [0.1, 0.15) is 22.0 Å². The van der Waals surface area contributed by atoms with E-state index in [1.165, 1.54) is 13.2 Å². The molecule has 2 aromatic heterocycles. The van der Waals surface area contributed by atoms with Gasteiger partial charge in [0.1, 0.15) is 11.5 Å². The van der Waals surface area contributed by atoms with Gasteiger partial charge in [-0.2, -0.15) is 4.98 Å². The van der Waals surface area contributed by atoms with Gasteiger partial charge in [0.25, 0.3) is 5.89 Å². The van der Waals surface area contributed by atoms with E-state index in [0.29, 0.717) is 28.0 Å². The van der Waals surface area contributed by atoms with E-state index in [1.54, 1.807) is 44.4 Å². The number of aryl methyl sites for hydroxylation is 1. The van der Waals surface area contributed by atoms with E-state index < -0.39 is 11.8 Å². The number of esters is 1. The van der Waals surface area contributed by atoms with Crippen molar-refractivity contribution in [3.63, 3.8) is 0 Å². The molecule has 4 rings (SSSR count). The quantitative estimate of drug-likeness (QED) is 0.432. The molecule has 8 nitrogen and oxygen atoms in total. The molecule has 0 radical (unpaired) electrons. The first-order valence-electron chi connectivity index (χ1n) is 8.91. The van der Waals surface area contributed by atoms with Crippen molar-refractivity contribution in [2.24, 2.45) is 0 Å². The average Bonchev–Trinajstić information content (AvgIpc) is 3.37. The summed E-state index contributed by atoms with van der Waals surface area (Å²) in [5, 5.41) is 4.40. The van der Waals surface area contributed by atoms with Crippen molar-refractivity contribution in [1.82, 2.24) is 10.1 Å². The Kier molecular flexibility index (Phi) is 5.09. The second-order valence-corrected chi connectivity index (χ2v) is 6.33. The van der Waals surface area contributed by atoms with Crippen molar-refractivity contribution >= 4 is 16.9 Å². The first-order chi connectivity index (χ1) is 14.5. The van der Waals surface area contributed by atoms with E-state index in [9.17, 15) is 9.18 Å². The molecule has 0 N–H and O–H groups in total. The number of aromatic nitrogens is 2. The van der Waals surface area contributed by atoms with Crippen molar-refractivity contribution in [3.8, 4) is 22.9 Å². The molecule has 0 aliphatic heterocycles. The molecule has 9 heteroatoms. The monoisotopic (exact) mass is 412 g/mol. The molecule has 2 aromatic carbocycles. The molecule has 0 aliphatic rings. The fraction of sp³-hybridized carbons (Fsp3) is 0.190. The zero-order valence-corrected chi connectivity index (χ0v) is 16.4. The van der Waals surface area contributed by atoms with Crippen molar-refractivity contribution in [3.05, 3.63) is 59.4 Å². The minimum Gasteiger partial charge on any atom is -0.497 e. The Morgan fingerprint density at radius 3 is 2.73 bits per heavy atom. The molecule has 0 aliphatic carbocycles. The van der Waals surface area contributed by atoms with Crippen molar-refractivity contribution in [2.75, 3.05) is 14.2 Å². The lowest BCUT2D eigenvalue weighted by Gasteiger charge is -2.07. The van der Waals surface area contributed by atoms with Gasteiger partial charge in [-0.05, 0) is 25.1 Å². The lowest BCUT2D eigenvalue weighted by atomic mass is 10.1. The van der Waals surface area contributed by atoms with Gasteiger partial charge in [0.2, 0.25) is 11.6 Å². The van der Waals surface area contributed by atoms with Gasteiger partial charge >= 0.3 is 5.97 Å². The zero-order valence-electron chi connectivity index (χ0n) is 16.4. The molecular weight excluding hydrogens is 395 g/mol. The van der Waals surface area contributed by atoms with Crippen LogP contribution in [0, 0.1) is 12.7 Å². The van der Waals surface area contributed by atoms with Crippen LogP contribution >= 0.6 is 0 Å². The van der Waals surface area contributed by atoms with Crippen LogP contribution in [-0.2, 0) is 11.3 Å². The number of benzene rings is 2. The van der Waals surface area contributed by atoms with Gasteiger partial charge in [-0.25, -0.2) is 9.18 Å². The SMILES string of the molecule is COc1ccc(-c2noc(COC(=O)c3oc4c(F)cccc4c3C)n2)c(OC)c1. The van der Waals surface area contributed by atoms with Crippen LogP contribution in [0.3, 0.4) is 0 Å². The molecule has 0 fully saturated rings. The summed E-state index contributed by atoms with van der Waals surface area (Å²) in [6.07, 6.45) is 0. The fourth-order valence-electron chi connectivity index (χ4n) is 3.00. The highest BCUT2D eigenvalue weighted by Crippen LogP contribution is 2.32. The van der Waals surface area contributed by atoms with Crippen LogP contribution in [-0.4, -0.2) is 30.3 Å². The maximum Gasteiger partial charge on any atom is 0.375 e. The first kappa shape index (κ1) is 19.4. The number of rotatable bonds is 6. The van der Waals surface area contributed by atoms with E-state index in [-0.39, 0.29) is 29.7 Å². The Hall–Kier alpha value is -3.88. The number of hydrogen-bond acceptors (Lipinski definition) is 8. The summed E-state index contributed by atoms with van der Waals surface area (Å²) in [6, 6.07) is 9.62. The maximum absolute atomic E-state index is 13.9. The second-order valence-electron chi connectivity index (χ2n) is 6.33. The summed E-state index contributed by atoms with van der Waals surface area (Å²) in [6.45, 7) is 1.38. The Balaban J connectivity index is 1.51. The van der Waals surface area contributed by atoms with Gasteiger partial charge in [0.05, 0.1) is 19.8 Å². The molecule has 0 saturated carbocycles. The number of hydrogen-bond donors (Lipinski definition) is 0. The molecular formula is C21H17FN2O6. The zero-order chi connectivity index (χ0) is 21.3. The van der Waals surface area contributed by atoms with Crippen LogP contribution in [0.4, 0.5) is 4.39 Å². The largest absolute Gasteiger partial charge is 0.497 e. The number of methoxy groups -OCH3 is 2. The molecule has 154 valence electrons. The summed E-state index contributed by atoms with van der Waals surface area (Å²) in [5.74, 6) is 0.0735.